The van der Waals surface area contributed by atoms with E-state index in [4.69, 9.17) is 10.5 Å². The number of thiophene rings is 1. The van der Waals surface area contributed by atoms with Crippen LogP contribution in [0.1, 0.15) is 39.0 Å². The van der Waals surface area contributed by atoms with Crippen LogP contribution in [0.3, 0.4) is 0 Å². The number of anilines is 1. The number of rotatable bonds is 4. The van der Waals surface area contributed by atoms with Gasteiger partial charge >= 0.3 is 0 Å². The molecule has 3 N–H and O–H groups in total. The number of ether oxygens (including phenoxy) is 1. The van der Waals surface area contributed by atoms with Gasteiger partial charge < -0.3 is 20.7 Å². The van der Waals surface area contributed by atoms with Gasteiger partial charge in [-0.05, 0) is 42.7 Å². The number of primary amides is 1. The molecule has 3 amide bonds. The summed E-state index contributed by atoms with van der Waals surface area (Å²) in [6, 6.07) is 8.98. The number of hydrogen-bond donors (Lipinski definition) is 2. The lowest BCUT2D eigenvalue weighted by molar-refractivity contribution is -0.131. The van der Waals surface area contributed by atoms with Crippen LogP contribution in [-0.2, 0) is 16.0 Å². The number of amides is 3. The summed E-state index contributed by atoms with van der Waals surface area (Å²) in [7, 11) is 0. The second kappa shape index (κ2) is 7.03. The Morgan fingerprint density at radius 1 is 1.30 bits per heavy atom. The molecule has 0 bridgehead atoms. The van der Waals surface area contributed by atoms with Crippen molar-refractivity contribution in [2.75, 3.05) is 18.5 Å². The molecule has 8 heteroatoms. The molecule has 0 radical (unpaired) electrons. The maximum atomic E-state index is 12.9. The Balaban J connectivity index is 1.49. The van der Waals surface area contributed by atoms with Crippen LogP contribution in [0.25, 0.3) is 0 Å². The summed E-state index contributed by atoms with van der Waals surface area (Å²) < 4.78 is 5.35. The van der Waals surface area contributed by atoms with Crippen LogP contribution in [0, 0.1) is 0 Å². The van der Waals surface area contributed by atoms with Crippen LogP contribution >= 0.6 is 11.3 Å². The molecule has 0 unspecified atom stereocenters. The number of benzene rings is 1. The third-order valence-corrected chi connectivity index (χ3v) is 6.00. The third kappa shape index (κ3) is 3.52. The lowest BCUT2D eigenvalue weighted by Crippen LogP contribution is -2.31. The van der Waals surface area contributed by atoms with Crippen molar-refractivity contribution in [3.05, 3.63) is 45.6 Å². The quantitative estimate of drug-likeness (QED) is 0.841. The first-order valence-corrected chi connectivity index (χ1v) is 9.57. The Kier molecular flexibility index (Phi) is 4.57. The molecule has 1 saturated heterocycles. The van der Waals surface area contributed by atoms with Crippen molar-refractivity contribution in [3.8, 4) is 5.75 Å². The molecule has 0 spiro atoms. The first kappa shape index (κ1) is 17.5. The van der Waals surface area contributed by atoms with Crippen molar-refractivity contribution < 1.29 is 19.1 Å². The summed E-state index contributed by atoms with van der Waals surface area (Å²) in [5, 5.41) is 2.76. The molecule has 2 aliphatic rings. The van der Waals surface area contributed by atoms with Gasteiger partial charge in [0.25, 0.3) is 11.8 Å². The highest BCUT2D eigenvalue weighted by Gasteiger charge is 2.31. The SMILES string of the molecule is NC(=O)c1ccc([C@H]2CCCN2C(=O)Cc2ccc3c(c2)NC(=O)CO3)s1. The van der Waals surface area contributed by atoms with E-state index >= 15 is 0 Å². The third-order valence-electron chi connectivity index (χ3n) is 4.80. The van der Waals surface area contributed by atoms with Crippen molar-refractivity contribution in [1.29, 1.82) is 0 Å². The van der Waals surface area contributed by atoms with Crippen LogP contribution in [-0.4, -0.2) is 35.8 Å². The van der Waals surface area contributed by atoms with E-state index in [9.17, 15) is 14.4 Å². The first-order chi connectivity index (χ1) is 13.0. The molecule has 2 aliphatic heterocycles. The van der Waals surface area contributed by atoms with Gasteiger partial charge in [0.2, 0.25) is 5.91 Å². The fraction of sp³-hybridized carbons (Fsp3) is 0.316. The van der Waals surface area contributed by atoms with Crippen LogP contribution in [0.15, 0.2) is 30.3 Å². The zero-order valence-corrected chi connectivity index (χ0v) is 15.4. The van der Waals surface area contributed by atoms with Crippen molar-refractivity contribution >= 4 is 34.7 Å². The Bertz CT molecular complexity index is 923. The minimum Gasteiger partial charge on any atom is -0.482 e. The molecular formula is C19H19N3O4S. The highest BCUT2D eigenvalue weighted by Crippen LogP contribution is 2.36. The maximum absolute atomic E-state index is 12.9. The summed E-state index contributed by atoms with van der Waals surface area (Å²) in [5.41, 5.74) is 6.75. The number of fused-ring (bicyclic) bond motifs is 1. The first-order valence-electron chi connectivity index (χ1n) is 8.76. The summed E-state index contributed by atoms with van der Waals surface area (Å²) in [6.45, 7) is 0.701. The van der Waals surface area contributed by atoms with Crippen LogP contribution in [0.5, 0.6) is 5.75 Å². The lowest BCUT2D eigenvalue weighted by atomic mass is 10.1. The van der Waals surface area contributed by atoms with Crippen molar-refractivity contribution in [1.82, 2.24) is 4.90 Å². The zero-order valence-electron chi connectivity index (χ0n) is 14.6. The average Bonchev–Trinajstić information content (AvgIpc) is 3.30. The predicted molar refractivity (Wildman–Crippen MR) is 101 cm³/mol. The Morgan fingerprint density at radius 3 is 2.93 bits per heavy atom. The molecule has 2 aromatic rings. The topological polar surface area (TPSA) is 102 Å². The normalized spacial score (nSPS) is 18.6. The largest absolute Gasteiger partial charge is 0.482 e. The van der Waals surface area contributed by atoms with E-state index < -0.39 is 5.91 Å². The molecule has 1 fully saturated rings. The summed E-state index contributed by atoms with van der Waals surface area (Å²) in [5.74, 6) is -0.00840. The number of nitrogens with zero attached hydrogens (tertiary/aromatic N) is 1. The van der Waals surface area contributed by atoms with Crippen LogP contribution in [0.2, 0.25) is 0 Å². The smallest absolute Gasteiger partial charge is 0.262 e. The van der Waals surface area contributed by atoms with E-state index in [2.05, 4.69) is 5.32 Å². The van der Waals surface area contributed by atoms with Gasteiger partial charge in [-0.25, -0.2) is 0 Å². The summed E-state index contributed by atoms with van der Waals surface area (Å²) >= 11 is 1.35. The van der Waals surface area contributed by atoms with Gasteiger partial charge in [0.15, 0.2) is 6.61 Å². The number of nitrogens with two attached hydrogens (primary N) is 1. The van der Waals surface area contributed by atoms with E-state index in [0.717, 1.165) is 23.3 Å². The van der Waals surface area contributed by atoms with Crippen molar-refractivity contribution in [2.45, 2.75) is 25.3 Å². The van der Waals surface area contributed by atoms with Crippen molar-refractivity contribution in [2.24, 2.45) is 5.73 Å². The van der Waals surface area contributed by atoms with Gasteiger partial charge in [-0.3, -0.25) is 14.4 Å². The second-order valence-electron chi connectivity index (χ2n) is 6.66. The van der Waals surface area contributed by atoms with Gasteiger partial charge in [-0.1, -0.05) is 6.07 Å². The second-order valence-corrected chi connectivity index (χ2v) is 7.77. The van der Waals surface area contributed by atoms with Gasteiger partial charge in [0, 0.05) is 11.4 Å². The standard InChI is InChI=1S/C19H19N3O4S/c20-19(25)16-6-5-15(27-16)13-2-1-7-22(13)18(24)9-11-3-4-14-12(8-11)21-17(23)10-26-14/h3-6,8,13H,1-2,7,9-10H2,(H2,20,25)(H,21,23)/t13-/m1/s1. The molecule has 0 aliphatic carbocycles. The number of nitrogens with one attached hydrogen (secondary N) is 1. The minimum absolute atomic E-state index is 0.00877. The molecule has 4 rings (SSSR count). The molecule has 3 heterocycles. The van der Waals surface area contributed by atoms with E-state index in [1.54, 1.807) is 18.2 Å². The molecule has 0 saturated carbocycles. The lowest BCUT2D eigenvalue weighted by Gasteiger charge is -2.24. The van der Waals surface area contributed by atoms with Crippen molar-refractivity contribution in [3.63, 3.8) is 0 Å². The Labute approximate surface area is 160 Å². The van der Waals surface area contributed by atoms with Gasteiger partial charge in [-0.15, -0.1) is 11.3 Å². The van der Waals surface area contributed by atoms with E-state index in [1.807, 2.05) is 17.0 Å². The highest BCUT2D eigenvalue weighted by molar-refractivity contribution is 7.14. The van der Waals surface area contributed by atoms with E-state index in [1.165, 1.54) is 11.3 Å². The predicted octanol–water partition coefficient (Wildman–Crippen LogP) is 2.08. The van der Waals surface area contributed by atoms with E-state index in [0.29, 0.717) is 22.9 Å². The zero-order chi connectivity index (χ0) is 19.0. The monoisotopic (exact) mass is 385 g/mol. The molecular weight excluding hydrogens is 366 g/mol. The van der Waals surface area contributed by atoms with E-state index in [-0.39, 0.29) is 30.9 Å². The summed E-state index contributed by atoms with van der Waals surface area (Å²) in [6.07, 6.45) is 2.04. The fourth-order valence-corrected chi connectivity index (χ4v) is 4.55. The fourth-order valence-electron chi connectivity index (χ4n) is 3.54. The van der Waals surface area contributed by atoms with Gasteiger partial charge in [0.05, 0.1) is 23.0 Å². The molecule has 140 valence electrons. The number of likely N-dealkylation sites (tertiary alicyclic amines) is 1. The number of hydrogen-bond acceptors (Lipinski definition) is 5. The molecule has 7 nitrogen and oxygen atoms in total. The van der Waals surface area contributed by atoms with Crippen LogP contribution < -0.4 is 15.8 Å². The number of carbonyl (C=O) groups excluding carboxylic acids is 3. The number of carbonyl (C=O) groups is 3. The molecule has 27 heavy (non-hydrogen) atoms. The molecule has 1 aromatic heterocycles. The minimum atomic E-state index is -0.444. The van der Waals surface area contributed by atoms with Crippen LogP contribution in [0.4, 0.5) is 5.69 Å². The molecule has 1 aromatic carbocycles. The molecule has 1 atom stereocenters. The van der Waals surface area contributed by atoms with Gasteiger partial charge in [0.1, 0.15) is 5.75 Å². The average molecular weight is 385 g/mol. The highest BCUT2D eigenvalue weighted by atomic mass is 32.1. The summed E-state index contributed by atoms with van der Waals surface area (Å²) in [4.78, 5) is 39.1. The Hall–Kier alpha value is -2.87. The van der Waals surface area contributed by atoms with Gasteiger partial charge in [-0.2, -0.15) is 0 Å². The maximum Gasteiger partial charge on any atom is 0.262 e. The Morgan fingerprint density at radius 2 is 2.15 bits per heavy atom.